The predicted molar refractivity (Wildman–Crippen MR) is 31.1 cm³/mol. The van der Waals surface area contributed by atoms with Gasteiger partial charge in [-0.05, 0) is 19.3 Å². The van der Waals surface area contributed by atoms with E-state index in [9.17, 15) is 4.79 Å². The van der Waals surface area contributed by atoms with Crippen LogP contribution in [-0.4, -0.2) is 11.9 Å². The zero-order chi connectivity index (χ0) is 5.98. The fourth-order valence-electron chi connectivity index (χ4n) is 0.780. The molecule has 1 aliphatic carbocycles. The lowest BCUT2D eigenvalue weighted by molar-refractivity contribution is -0.117. The maximum absolute atomic E-state index is 10.2. The van der Waals surface area contributed by atoms with Crippen molar-refractivity contribution in [1.82, 2.24) is 5.32 Å². The van der Waals surface area contributed by atoms with Crippen molar-refractivity contribution < 1.29 is 4.79 Å². The van der Waals surface area contributed by atoms with Crippen LogP contribution in [0, 0.1) is 6.92 Å². The average molecular weight is 112 g/mol. The number of carbonyl (C=O) groups excluding carboxylic acids is 1. The van der Waals surface area contributed by atoms with Crippen molar-refractivity contribution in [3.05, 3.63) is 6.92 Å². The standard InChI is InChI=1S/C6H10NO/c1-5(8)7-6-3-2-4-6/h6H,1-4H2,(H,7,8). The van der Waals surface area contributed by atoms with Gasteiger partial charge in [0.2, 0.25) is 5.91 Å². The lowest BCUT2D eigenvalue weighted by atomic mass is 9.93. The molecule has 8 heavy (non-hydrogen) atoms. The summed E-state index contributed by atoms with van der Waals surface area (Å²) < 4.78 is 0. The predicted octanol–water partition coefficient (Wildman–Crippen LogP) is 0.489. The van der Waals surface area contributed by atoms with Gasteiger partial charge in [0.25, 0.3) is 0 Å². The molecule has 0 saturated heterocycles. The molecule has 0 aliphatic heterocycles. The van der Waals surface area contributed by atoms with Gasteiger partial charge in [-0.3, -0.25) is 4.79 Å². The van der Waals surface area contributed by atoms with Crippen molar-refractivity contribution in [2.45, 2.75) is 25.3 Å². The molecule has 1 rings (SSSR count). The Morgan fingerprint density at radius 3 is 2.38 bits per heavy atom. The van der Waals surface area contributed by atoms with Crippen LogP contribution < -0.4 is 5.32 Å². The van der Waals surface area contributed by atoms with Gasteiger partial charge in [-0.2, -0.15) is 0 Å². The molecule has 2 heteroatoms. The third-order valence-electron chi connectivity index (χ3n) is 1.47. The van der Waals surface area contributed by atoms with E-state index < -0.39 is 0 Å². The first-order chi connectivity index (χ1) is 3.79. The molecular weight excluding hydrogens is 102 g/mol. The Hall–Kier alpha value is -0.530. The van der Waals surface area contributed by atoms with Gasteiger partial charge in [-0.15, -0.1) is 0 Å². The lowest BCUT2D eigenvalue weighted by Crippen LogP contribution is -2.38. The first-order valence-electron chi connectivity index (χ1n) is 2.91. The molecule has 1 fully saturated rings. The fourth-order valence-corrected chi connectivity index (χ4v) is 0.780. The maximum atomic E-state index is 10.2. The molecule has 0 aromatic rings. The highest BCUT2D eigenvalue weighted by molar-refractivity contribution is 5.80. The summed E-state index contributed by atoms with van der Waals surface area (Å²) in [6.45, 7) is 3.21. The van der Waals surface area contributed by atoms with Gasteiger partial charge in [0.05, 0.1) is 0 Å². The Balaban J connectivity index is 2.09. The average Bonchev–Trinajstić information content (AvgIpc) is 1.55. The number of hydrogen-bond acceptors (Lipinski definition) is 1. The Labute approximate surface area is 49.3 Å². The zero-order valence-corrected chi connectivity index (χ0v) is 4.81. The van der Waals surface area contributed by atoms with Gasteiger partial charge in [0.1, 0.15) is 0 Å². The summed E-state index contributed by atoms with van der Waals surface area (Å²) in [4.78, 5) is 10.2. The van der Waals surface area contributed by atoms with E-state index in [0.29, 0.717) is 6.04 Å². The number of rotatable bonds is 1. The monoisotopic (exact) mass is 112 g/mol. The van der Waals surface area contributed by atoms with Crippen LogP contribution >= 0.6 is 0 Å². The van der Waals surface area contributed by atoms with Gasteiger partial charge in [0, 0.05) is 13.0 Å². The molecular formula is C6H10NO. The number of amides is 1. The number of nitrogens with one attached hydrogen (secondary N) is 1. The Bertz CT molecular complexity index is 96.7. The van der Waals surface area contributed by atoms with E-state index in [0.717, 1.165) is 12.8 Å². The van der Waals surface area contributed by atoms with Crippen LogP contribution in [0.4, 0.5) is 0 Å². The second-order valence-corrected chi connectivity index (χ2v) is 2.20. The van der Waals surface area contributed by atoms with Crippen LogP contribution in [-0.2, 0) is 4.79 Å². The van der Waals surface area contributed by atoms with E-state index in [4.69, 9.17) is 0 Å². The Morgan fingerprint density at radius 1 is 1.62 bits per heavy atom. The molecule has 0 heterocycles. The SMILES string of the molecule is [CH2]C(=O)NC1CCC1. The molecule has 0 aromatic carbocycles. The van der Waals surface area contributed by atoms with Gasteiger partial charge in [-0.25, -0.2) is 0 Å². The smallest absolute Gasteiger partial charge is 0.220 e. The molecule has 2 nitrogen and oxygen atoms in total. The van der Waals surface area contributed by atoms with Gasteiger partial charge in [0.15, 0.2) is 0 Å². The van der Waals surface area contributed by atoms with Crippen molar-refractivity contribution in [2.24, 2.45) is 0 Å². The molecule has 1 N–H and O–H groups in total. The molecule has 0 bridgehead atoms. The van der Waals surface area contributed by atoms with E-state index in [2.05, 4.69) is 12.2 Å². The normalized spacial score (nSPS) is 19.6. The minimum absolute atomic E-state index is 0.144. The van der Waals surface area contributed by atoms with E-state index in [-0.39, 0.29) is 5.91 Å². The second kappa shape index (κ2) is 2.16. The van der Waals surface area contributed by atoms with Gasteiger partial charge >= 0.3 is 0 Å². The summed E-state index contributed by atoms with van der Waals surface area (Å²) in [6.07, 6.45) is 3.54. The molecule has 1 saturated carbocycles. The summed E-state index contributed by atoms with van der Waals surface area (Å²) >= 11 is 0. The van der Waals surface area contributed by atoms with Crippen molar-refractivity contribution in [2.75, 3.05) is 0 Å². The second-order valence-electron chi connectivity index (χ2n) is 2.20. The summed E-state index contributed by atoms with van der Waals surface area (Å²) in [5.41, 5.74) is 0. The molecule has 1 amide bonds. The number of carbonyl (C=O) groups is 1. The maximum Gasteiger partial charge on any atom is 0.220 e. The molecule has 0 atom stereocenters. The molecule has 1 aliphatic rings. The first-order valence-corrected chi connectivity index (χ1v) is 2.91. The van der Waals surface area contributed by atoms with Crippen LogP contribution in [0.25, 0.3) is 0 Å². The molecule has 0 spiro atoms. The summed E-state index contributed by atoms with van der Waals surface area (Å²) in [7, 11) is 0. The van der Waals surface area contributed by atoms with Gasteiger partial charge < -0.3 is 5.32 Å². The minimum atomic E-state index is -0.144. The van der Waals surface area contributed by atoms with Crippen LogP contribution in [0.2, 0.25) is 0 Å². The highest BCUT2D eigenvalue weighted by Crippen LogP contribution is 2.17. The fraction of sp³-hybridized carbons (Fsp3) is 0.667. The molecule has 1 radical (unpaired) electrons. The third kappa shape index (κ3) is 1.22. The van der Waals surface area contributed by atoms with Crippen molar-refractivity contribution in [3.8, 4) is 0 Å². The van der Waals surface area contributed by atoms with E-state index in [1.165, 1.54) is 6.42 Å². The van der Waals surface area contributed by atoms with E-state index in [1.54, 1.807) is 0 Å². The van der Waals surface area contributed by atoms with Gasteiger partial charge in [-0.1, -0.05) is 0 Å². The lowest BCUT2D eigenvalue weighted by Gasteiger charge is -2.25. The summed E-state index contributed by atoms with van der Waals surface area (Å²) in [5.74, 6) is -0.144. The van der Waals surface area contributed by atoms with Crippen molar-refractivity contribution >= 4 is 5.91 Å². The number of hydrogen-bond donors (Lipinski definition) is 1. The highest BCUT2D eigenvalue weighted by Gasteiger charge is 2.16. The van der Waals surface area contributed by atoms with E-state index >= 15 is 0 Å². The van der Waals surface area contributed by atoms with Crippen LogP contribution in [0.15, 0.2) is 0 Å². The summed E-state index contributed by atoms with van der Waals surface area (Å²) in [6, 6.07) is 0.444. The van der Waals surface area contributed by atoms with Crippen LogP contribution in [0.3, 0.4) is 0 Å². The van der Waals surface area contributed by atoms with Crippen molar-refractivity contribution in [1.29, 1.82) is 0 Å². The molecule has 0 unspecified atom stereocenters. The van der Waals surface area contributed by atoms with Crippen LogP contribution in [0.1, 0.15) is 19.3 Å². The molecule has 0 aromatic heterocycles. The summed E-state index contributed by atoms with van der Waals surface area (Å²) in [5, 5.41) is 2.73. The molecule has 45 valence electrons. The first kappa shape index (κ1) is 5.60. The third-order valence-corrected chi connectivity index (χ3v) is 1.47. The van der Waals surface area contributed by atoms with E-state index in [1.807, 2.05) is 0 Å². The topological polar surface area (TPSA) is 29.1 Å². The van der Waals surface area contributed by atoms with Crippen molar-refractivity contribution in [3.63, 3.8) is 0 Å². The highest BCUT2D eigenvalue weighted by atomic mass is 16.1. The zero-order valence-electron chi connectivity index (χ0n) is 4.81. The Morgan fingerprint density at radius 2 is 2.25 bits per heavy atom. The largest absolute Gasteiger partial charge is 0.353 e. The quantitative estimate of drug-likeness (QED) is 0.525. The minimum Gasteiger partial charge on any atom is -0.353 e. The van der Waals surface area contributed by atoms with Crippen LogP contribution in [0.5, 0.6) is 0 Å². The Kier molecular flexibility index (Phi) is 1.51.